The van der Waals surface area contributed by atoms with Crippen LogP contribution in [0.3, 0.4) is 0 Å². The third kappa shape index (κ3) is 1.96. The fourth-order valence-electron chi connectivity index (χ4n) is 1.15. The van der Waals surface area contributed by atoms with Gasteiger partial charge in [-0.2, -0.15) is 0 Å². The van der Waals surface area contributed by atoms with Gasteiger partial charge in [0.15, 0.2) is 0 Å². The number of hydrogen-bond donors (Lipinski definition) is 1. The minimum atomic E-state index is -0.979. The van der Waals surface area contributed by atoms with Crippen molar-refractivity contribution in [1.29, 1.82) is 0 Å². The average molecular weight is 201 g/mol. The van der Waals surface area contributed by atoms with Gasteiger partial charge < -0.3 is 5.11 Å². The van der Waals surface area contributed by atoms with Crippen LogP contribution in [0, 0.1) is 0 Å². The molecule has 5 nitrogen and oxygen atoms in total. The molecule has 74 valence electrons. The van der Waals surface area contributed by atoms with Crippen LogP contribution in [0.5, 0.6) is 0 Å². The highest BCUT2D eigenvalue weighted by molar-refractivity contribution is 5.88. The molecule has 2 rings (SSSR count). The molecule has 0 radical (unpaired) electrons. The molecule has 2 aromatic heterocycles. The molecule has 0 bridgehead atoms. The summed E-state index contributed by atoms with van der Waals surface area (Å²) in [5.41, 5.74) is 1.32. The topological polar surface area (TPSA) is 76.0 Å². The van der Waals surface area contributed by atoms with Crippen molar-refractivity contribution in [1.82, 2.24) is 15.0 Å². The fraction of sp³-hybridized carbons (Fsp3) is 0. The zero-order valence-electron chi connectivity index (χ0n) is 7.66. The van der Waals surface area contributed by atoms with Crippen LogP contribution in [0.2, 0.25) is 0 Å². The first-order chi connectivity index (χ1) is 7.27. The van der Waals surface area contributed by atoms with Gasteiger partial charge >= 0.3 is 5.97 Å². The molecule has 1 N–H and O–H groups in total. The molecule has 0 saturated carbocycles. The van der Waals surface area contributed by atoms with Gasteiger partial charge in [0, 0.05) is 12.4 Å². The summed E-state index contributed by atoms with van der Waals surface area (Å²) >= 11 is 0. The molecule has 0 fully saturated rings. The standard InChI is InChI=1S/C10H7N3O2/c14-10(15)7-1-4-12-9(5-7)8-2-3-11-6-13-8/h1-6H,(H,14,15). The van der Waals surface area contributed by atoms with Crippen molar-refractivity contribution < 1.29 is 9.90 Å². The smallest absolute Gasteiger partial charge is 0.335 e. The van der Waals surface area contributed by atoms with Gasteiger partial charge in [-0.3, -0.25) is 4.98 Å². The quantitative estimate of drug-likeness (QED) is 0.790. The summed E-state index contributed by atoms with van der Waals surface area (Å²) in [6.45, 7) is 0. The largest absolute Gasteiger partial charge is 0.478 e. The van der Waals surface area contributed by atoms with Crippen molar-refractivity contribution >= 4 is 5.97 Å². The molecule has 0 amide bonds. The lowest BCUT2D eigenvalue weighted by Gasteiger charge is -1.99. The number of pyridine rings is 1. The first-order valence-electron chi connectivity index (χ1n) is 4.23. The van der Waals surface area contributed by atoms with Crippen LogP contribution in [-0.4, -0.2) is 26.0 Å². The summed E-state index contributed by atoms with van der Waals surface area (Å²) in [5, 5.41) is 8.80. The summed E-state index contributed by atoms with van der Waals surface area (Å²) in [7, 11) is 0. The molecular weight excluding hydrogens is 194 g/mol. The van der Waals surface area contributed by atoms with E-state index in [1.807, 2.05) is 0 Å². The maximum Gasteiger partial charge on any atom is 0.335 e. The molecule has 0 aliphatic heterocycles. The van der Waals surface area contributed by atoms with E-state index in [1.165, 1.54) is 24.7 Å². The molecule has 0 aliphatic rings. The van der Waals surface area contributed by atoms with Crippen molar-refractivity contribution in [3.8, 4) is 11.4 Å². The lowest BCUT2D eigenvalue weighted by molar-refractivity contribution is 0.0697. The number of nitrogens with zero attached hydrogens (tertiary/aromatic N) is 3. The Bertz CT molecular complexity index is 485. The minimum Gasteiger partial charge on any atom is -0.478 e. The lowest BCUT2D eigenvalue weighted by Crippen LogP contribution is -1.97. The van der Waals surface area contributed by atoms with E-state index in [0.29, 0.717) is 11.4 Å². The van der Waals surface area contributed by atoms with Crippen molar-refractivity contribution in [2.75, 3.05) is 0 Å². The second-order valence-electron chi connectivity index (χ2n) is 2.83. The van der Waals surface area contributed by atoms with E-state index < -0.39 is 5.97 Å². The number of carboxylic acids is 1. The van der Waals surface area contributed by atoms with Gasteiger partial charge in [-0.25, -0.2) is 14.8 Å². The Morgan fingerprint density at radius 1 is 1.13 bits per heavy atom. The van der Waals surface area contributed by atoms with E-state index in [9.17, 15) is 4.79 Å². The van der Waals surface area contributed by atoms with Gasteiger partial charge in [0.05, 0.1) is 17.0 Å². The Kier molecular flexibility index (Phi) is 2.37. The maximum atomic E-state index is 10.7. The molecule has 0 atom stereocenters. The predicted octanol–water partition coefficient (Wildman–Crippen LogP) is 1.24. The molecule has 0 unspecified atom stereocenters. The number of carboxylic acid groups (broad SMARTS) is 1. The van der Waals surface area contributed by atoms with E-state index in [1.54, 1.807) is 12.3 Å². The van der Waals surface area contributed by atoms with Crippen LogP contribution in [-0.2, 0) is 0 Å². The number of rotatable bonds is 2. The van der Waals surface area contributed by atoms with Gasteiger partial charge in [-0.05, 0) is 18.2 Å². The van der Waals surface area contributed by atoms with Gasteiger partial charge in [-0.15, -0.1) is 0 Å². The van der Waals surface area contributed by atoms with Crippen LogP contribution in [0.1, 0.15) is 10.4 Å². The first-order valence-corrected chi connectivity index (χ1v) is 4.23. The minimum absolute atomic E-state index is 0.193. The molecule has 0 saturated heterocycles. The Morgan fingerprint density at radius 2 is 2.00 bits per heavy atom. The van der Waals surface area contributed by atoms with Crippen molar-refractivity contribution in [2.24, 2.45) is 0 Å². The van der Waals surface area contributed by atoms with E-state index in [0.717, 1.165) is 0 Å². The summed E-state index contributed by atoms with van der Waals surface area (Å²) in [5.74, 6) is -0.979. The number of carbonyl (C=O) groups is 1. The molecule has 0 aromatic carbocycles. The first kappa shape index (κ1) is 9.26. The van der Waals surface area contributed by atoms with Crippen LogP contribution >= 0.6 is 0 Å². The van der Waals surface area contributed by atoms with Crippen LogP contribution in [0.25, 0.3) is 11.4 Å². The van der Waals surface area contributed by atoms with Gasteiger partial charge in [-0.1, -0.05) is 0 Å². The lowest BCUT2D eigenvalue weighted by atomic mass is 10.2. The van der Waals surface area contributed by atoms with E-state index in [4.69, 9.17) is 5.11 Å². The normalized spacial score (nSPS) is 9.87. The average Bonchev–Trinajstić information content (AvgIpc) is 2.30. The van der Waals surface area contributed by atoms with Gasteiger partial charge in [0.1, 0.15) is 6.33 Å². The highest BCUT2D eigenvalue weighted by Crippen LogP contribution is 2.13. The monoisotopic (exact) mass is 201 g/mol. The maximum absolute atomic E-state index is 10.7. The van der Waals surface area contributed by atoms with Crippen LogP contribution in [0.15, 0.2) is 36.9 Å². The highest BCUT2D eigenvalue weighted by Gasteiger charge is 2.06. The molecule has 15 heavy (non-hydrogen) atoms. The second kappa shape index (κ2) is 3.83. The third-order valence-corrected chi connectivity index (χ3v) is 1.85. The number of aromatic nitrogens is 3. The predicted molar refractivity (Wildman–Crippen MR) is 52.2 cm³/mol. The van der Waals surface area contributed by atoms with Crippen molar-refractivity contribution in [3.63, 3.8) is 0 Å². The Hall–Kier alpha value is -2.30. The zero-order valence-corrected chi connectivity index (χ0v) is 7.66. The second-order valence-corrected chi connectivity index (χ2v) is 2.83. The summed E-state index contributed by atoms with van der Waals surface area (Å²) in [6, 6.07) is 4.59. The summed E-state index contributed by atoms with van der Waals surface area (Å²) in [4.78, 5) is 22.5. The summed E-state index contributed by atoms with van der Waals surface area (Å²) < 4.78 is 0. The van der Waals surface area contributed by atoms with E-state index >= 15 is 0 Å². The van der Waals surface area contributed by atoms with Crippen LogP contribution in [0.4, 0.5) is 0 Å². The molecule has 0 spiro atoms. The van der Waals surface area contributed by atoms with E-state index in [-0.39, 0.29) is 5.56 Å². The van der Waals surface area contributed by atoms with E-state index in [2.05, 4.69) is 15.0 Å². The SMILES string of the molecule is O=C(O)c1ccnc(-c2ccncn2)c1. The Morgan fingerprint density at radius 3 is 2.67 bits per heavy atom. The number of hydrogen-bond acceptors (Lipinski definition) is 4. The number of aromatic carboxylic acids is 1. The van der Waals surface area contributed by atoms with Gasteiger partial charge in [0.25, 0.3) is 0 Å². The third-order valence-electron chi connectivity index (χ3n) is 1.85. The highest BCUT2D eigenvalue weighted by atomic mass is 16.4. The molecule has 2 heterocycles. The molecule has 5 heteroatoms. The Labute approximate surface area is 85.5 Å². The van der Waals surface area contributed by atoms with Crippen molar-refractivity contribution in [2.45, 2.75) is 0 Å². The zero-order chi connectivity index (χ0) is 10.7. The van der Waals surface area contributed by atoms with Crippen molar-refractivity contribution in [3.05, 3.63) is 42.5 Å². The fourth-order valence-corrected chi connectivity index (χ4v) is 1.15. The van der Waals surface area contributed by atoms with Gasteiger partial charge in [0.2, 0.25) is 0 Å². The molecule has 0 aliphatic carbocycles. The Balaban J connectivity index is 2.46. The summed E-state index contributed by atoms with van der Waals surface area (Å²) in [6.07, 6.45) is 4.42. The molecule has 2 aromatic rings. The molecular formula is C10H7N3O2. The van der Waals surface area contributed by atoms with Crippen LogP contribution < -0.4 is 0 Å².